The van der Waals surface area contributed by atoms with Crippen LogP contribution in [0.5, 0.6) is 5.75 Å². The zero-order chi connectivity index (χ0) is 14.6. The smallest absolute Gasteiger partial charge is 0.204 e. The zero-order valence-corrected chi connectivity index (χ0v) is 12.5. The van der Waals surface area contributed by atoms with E-state index in [1.54, 1.807) is 7.11 Å². The normalized spacial score (nSPS) is 21.2. The molecule has 1 aliphatic rings. The molecule has 8 heteroatoms. The van der Waals surface area contributed by atoms with Gasteiger partial charge in [0.1, 0.15) is 6.33 Å². The molecule has 1 atom stereocenters. The number of rotatable bonds is 5. The first kappa shape index (κ1) is 14.8. The highest BCUT2D eigenvalue weighted by atomic mass is 32.2. The van der Waals surface area contributed by atoms with Crippen molar-refractivity contribution in [1.82, 2.24) is 9.97 Å². The first-order valence-electron chi connectivity index (χ1n) is 6.65. The molecule has 0 amide bonds. The molecule has 0 spiro atoms. The minimum absolute atomic E-state index is 0.132. The number of aromatic nitrogens is 2. The number of sulfone groups is 1. The standard InChI is InChI=1S/C12H20N4O3S/c1-3-13-11-10(19-2)12(15-8-14-11)16-9-5-4-6-20(17,18)7-9/h8-9H,3-7H2,1-2H3,(H2,13,14,15,16). The highest BCUT2D eigenvalue weighted by Crippen LogP contribution is 2.30. The van der Waals surface area contributed by atoms with Gasteiger partial charge in [-0.2, -0.15) is 0 Å². The van der Waals surface area contributed by atoms with Crippen LogP contribution in [-0.4, -0.2) is 49.6 Å². The molecule has 0 aliphatic carbocycles. The summed E-state index contributed by atoms with van der Waals surface area (Å²) in [6, 6.07) is -0.132. The van der Waals surface area contributed by atoms with E-state index >= 15 is 0 Å². The number of methoxy groups -OCH3 is 1. The van der Waals surface area contributed by atoms with E-state index in [-0.39, 0.29) is 17.5 Å². The van der Waals surface area contributed by atoms with Crippen LogP contribution in [0.25, 0.3) is 0 Å². The number of nitrogens with one attached hydrogen (secondary N) is 2. The minimum Gasteiger partial charge on any atom is -0.490 e. The summed E-state index contributed by atoms with van der Waals surface area (Å²) in [5.41, 5.74) is 0. The average Bonchev–Trinajstić information content (AvgIpc) is 2.38. The SMILES string of the molecule is CCNc1ncnc(NC2CCCS(=O)(=O)C2)c1OC. The molecule has 0 radical (unpaired) electrons. The maximum Gasteiger partial charge on any atom is 0.204 e. The molecule has 0 saturated carbocycles. The van der Waals surface area contributed by atoms with E-state index in [1.807, 2.05) is 6.92 Å². The predicted octanol–water partition coefficient (Wildman–Crippen LogP) is 0.906. The molecule has 2 N–H and O–H groups in total. The number of anilines is 2. The number of nitrogens with zero attached hydrogens (tertiary/aromatic N) is 2. The maximum atomic E-state index is 11.7. The molecular weight excluding hydrogens is 280 g/mol. The lowest BCUT2D eigenvalue weighted by atomic mass is 10.2. The molecular formula is C12H20N4O3S. The quantitative estimate of drug-likeness (QED) is 0.834. The Bertz CT molecular complexity index is 562. The van der Waals surface area contributed by atoms with Crippen LogP contribution in [-0.2, 0) is 9.84 Å². The second-order valence-electron chi connectivity index (χ2n) is 4.73. The molecule has 2 heterocycles. The van der Waals surface area contributed by atoms with E-state index in [2.05, 4.69) is 20.6 Å². The van der Waals surface area contributed by atoms with Crippen LogP contribution < -0.4 is 15.4 Å². The van der Waals surface area contributed by atoms with E-state index in [4.69, 9.17) is 4.74 Å². The van der Waals surface area contributed by atoms with Gasteiger partial charge in [-0.3, -0.25) is 0 Å². The Balaban J connectivity index is 2.18. The van der Waals surface area contributed by atoms with Crippen LogP contribution in [0, 0.1) is 0 Å². The van der Waals surface area contributed by atoms with Crippen molar-refractivity contribution in [3.8, 4) is 5.75 Å². The van der Waals surface area contributed by atoms with Crippen LogP contribution >= 0.6 is 0 Å². The molecule has 1 fully saturated rings. The second kappa shape index (κ2) is 6.25. The van der Waals surface area contributed by atoms with Crippen molar-refractivity contribution in [3.63, 3.8) is 0 Å². The van der Waals surface area contributed by atoms with Gasteiger partial charge in [0.2, 0.25) is 5.75 Å². The molecule has 0 aromatic carbocycles. The largest absolute Gasteiger partial charge is 0.490 e. The Hall–Kier alpha value is -1.57. The molecule has 0 bridgehead atoms. The molecule has 7 nitrogen and oxygen atoms in total. The fourth-order valence-corrected chi connectivity index (χ4v) is 3.93. The van der Waals surface area contributed by atoms with Crippen LogP contribution in [0.2, 0.25) is 0 Å². The Morgan fingerprint density at radius 3 is 2.80 bits per heavy atom. The van der Waals surface area contributed by atoms with Gasteiger partial charge in [-0.1, -0.05) is 0 Å². The predicted molar refractivity (Wildman–Crippen MR) is 78.0 cm³/mol. The van der Waals surface area contributed by atoms with Crippen LogP contribution in [0.4, 0.5) is 11.6 Å². The molecule has 20 heavy (non-hydrogen) atoms. The van der Waals surface area contributed by atoms with E-state index < -0.39 is 9.84 Å². The molecule has 1 aromatic rings. The van der Waals surface area contributed by atoms with Crippen molar-refractivity contribution >= 4 is 21.5 Å². The van der Waals surface area contributed by atoms with E-state index in [9.17, 15) is 8.42 Å². The highest BCUT2D eigenvalue weighted by Gasteiger charge is 2.26. The zero-order valence-electron chi connectivity index (χ0n) is 11.7. The van der Waals surface area contributed by atoms with Gasteiger partial charge in [0, 0.05) is 12.6 Å². The third-order valence-corrected chi connectivity index (χ3v) is 4.98. The lowest BCUT2D eigenvalue weighted by Gasteiger charge is -2.24. The first-order chi connectivity index (χ1) is 9.55. The summed E-state index contributed by atoms with van der Waals surface area (Å²) >= 11 is 0. The third-order valence-electron chi connectivity index (χ3n) is 3.16. The number of hydrogen-bond donors (Lipinski definition) is 2. The average molecular weight is 300 g/mol. The van der Waals surface area contributed by atoms with Gasteiger partial charge in [0.25, 0.3) is 0 Å². The van der Waals surface area contributed by atoms with Crippen LogP contribution in [0.3, 0.4) is 0 Å². The summed E-state index contributed by atoms with van der Waals surface area (Å²) < 4.78 is 28.6. The van der Waals surface area contributed by atoms with E-state index in [1.165, 1.54) is 6.33 Å². The molecule has 1 saturated heterocycles. The number of hydrogen-bond acceptors (Lipinski definition) is 7. The van der Waals surface area contributed by atoms with Gasteiger partial charge in [0.05, 0.1) is 18.6 Å². The van der Waals surface area contributed by atoms with Crippen molar-refractivity contribution in [3.05, 3.63) is 6.33 Å². The molecule has 2 rings (SSSR count). The molecule has 112 valence electrons. The molecule has 1 unspecified atom stereocenters. The Morgan fingerprint density at radius 2 is 2.15 bits per heavy atom. The minimum atomic E-state index is -2.95. The Kier molecular flexibility index (Phi) is 4.64. The topological polar surface area (TPSA) is 93.2 Å². The monoisotopic (exact) mass is 300 g/mol. The van der Waals surface area contributed by atoms with Gasteiger partial charge in [-0.15, -0.1) is 0 Å². The van der Waals surface area contributed by atoms with E-state index in [0.717, 1.165) is 6.42 Å². The van der Waals surface area contributed by atoms with Crippen molar-refractivity contribution in [2.45, 2.75) is 25.8 Å². The van der Waals surface area contributed by atoms with Gasteiger partial charge in [0.15, 0.2) is 21.5 Å². The first-order valence-corrected chi connectivity index (χ1v) is 8.47. The van der Waals surface area contributed by atoms with Crippen molar-refractivity contribution in [1.29, 1.82) is 0 Å². The van der Waals surface area contributed by atoms with Gasteiger partial charge in [-0.25, -0.2) is 18.4 Å². The molecule has 1 aromatic heterocycles. The summed E-state index contributed by atoms with van der Waals surface area (Å²) in [6.07, 6.45) is 2.91. The van der Waals surface area contributed by atoms with Gasteiger partial charge < -0.3 is 15.4 Å². The molecule has 1 aliphatic heterocycles. The maximum absolute atomic E-state index is 11.7. The second-order valence-corrected chi connectivity index (χ2v) is 6.96. The van der Waals surface area contributed by atoms with Crippen molar-refractivity contribution in [2.24, 2.45) is 0 Å². The fraction of sp³-hybridized carbons (Fsp3) is 0.667. The van der Waals surface area contributed by atoms with Gasteiger partial charge in [-0.05, 0) is 19.8 Å². The summed E-state index contributed by atoms with van der Waals surface area (Å²) in [7, 11) is -1.41. The lowest BCUT2D eigenvalue weighted by Crippen LogP contribution is -2.35. The van der Waals surface area contributed by atoms with Crippen LogP contribution in [0.15, 0.2) is 6.33 Å². The summed E-state index contributed by atoms with van der Waals surface area (Å²) in [5.74, 6) is 2.05. The summed E-state index contributed by atoms with van der Waals surface area (Å²) in [6.45, 7) is 2.67. The van der Waals surface area contributed by atoms with Crippen molar-refractivity contribution < 1.29 is 13.2 Å². The summed E-state index contributed by atoms with van der Waals surface area (Å²) in [4.78, 5) is 8.27. The summed E-state index contributed by atoms with van der Waals surface area (Å²) in [5, 5.41) is 6.25. The Morgan fingerprint density at radius 1 is 1.40 bits per heavy atom. The van der Waals surface area contributed by atoms with Gasteiger partial charge >= 0.3 is 0 Å². The van der Waals surface area contributed by atoms with E-state index in [0.29, 0.717) is 30.4 Å². The Labute approximate surface area is 119 Å². The fourth-order valence-electron chi connectivity index (χ4n) is 2.29. The van der Waals surface area contributed by atoms with Crippen molar-refractivity contribution in [2.75, 3.05) is 35.8 Å². The lowest BCUT2D eigenvalue weighted by molar-refractivity contribution is 0.414. The van der Waals surface area contributed by atoms with Crippen LogP contribution in [0.1, 0.15) is 19.8 Å². The number of ether oxygens (including phenoxy) is 1. The highest BCUT2D eigenvalue weighted by molar-refractivity contribution is 7.91. The third kappa shape index (κ3) is 3.50.